The number of hydrogen-bond donors (Lipinski definition) is 1. The van der Waals surface area contributed by atoms with E-state index in [1.807, 2.05) is 6.20 Å². The molecule has 1 aliphatic rings. The average Bonchev–Trinajstić information content (AvgIpc) is 2.77. The van der Waals surface area contributed by atoms with Gasteiger partial charge in [-0.2, -0.15) is 0 Å². The lowest BCUT2D eigenvalue weighted by atomic mass is 10.0. The molecule has 4 nitrogen and oxygen atoms in total. The second-order valence-corrected chi connectivity index (χ2v) is 5.46. The van der Waals surface area contributed by atoms with Crippen molar-refractivity contribution >= 4 is 28.4 Å². The first kappa shape index (κ1) is 12.0. The molecule has 16 heavy (non-hydrogen) atoms. The predicted octanol–water partition coefficient (Wildman–Crippen LogP) is 1.64. The van der Waals surface area contributed by atoms with E-state index in [0.29, 0.717) is 12.0 Å². The Balaban J connectivity index is 2.18. The zero-order valence-corrected chi connectivity index (χ0v) is 11.6. The van der Waals surface area contributed by atoms with Crippen LogP contribution in [0.1, 0.15) is 19.3 Å². The van der Waals surface area contributed by atoms with Crippen molar-refractivity contribution in [3.63, 3.8) is 0 Å². The number of rotatable bonds is 3. The molecular weight excluding hydrogens is 315 g/mol. The number of hydrogen-bond acceptors (Lipinski definition) is 4. The molecule has 2 N–H and O–H groups in total. The van der Waals surface area contributed by atoms with E-state index in [1.54, 1.807) is 6.33 Å². The van der Waals surface area contributed by atoms with Gasteiger partial charge in [-0.3, -0.25) is 0 Å². The molecule has 1 fully saturated rings. The van der Waals surface area contributed by atoms with Gasteiger partial charge in [0.25, 0.3) is 0 Å². The first-order chi connectivity index (χ1) is 7.74. The summed E-state index contributed by atoms with van der Waals surface area (Å²) in [5.41, 5.74) is 5.82. The predicted molar refractivity (Wildman–Crippen MR) is 73.3 cm³/mol. The summed E-state index contributed by atoms with van der Waals surface area (Å²) < 4.78 is 1.10. The van der Waals surface area contributed by atoms with Crippen molar-refractivity contribution in [1.29, 1.82) is 0 Å². The summed E-state index contributed by atoms with van der Waals surface area (Å²) in [6.07, 6.45) is 7.20. The van der Waals surface area contributed by atoms with E-state index in [4.69, 9.17) is 5.73 Å². The Kier molecular flexibility index (Phi) is 3.96. The third-order valence-corrected chi connectivity index (χ3v) is 4.16. The molecule has 1 heterocycles. The van der Waals surface area contributed by atoms with E-state index in [-0.39, 0.29) is 0 Å². The largest absolute Gasteiger partial charge is 0.355 e. The van der Waals surface area contributed by atoms with E-state index in [9.17, 15) is 0 Å². The molecule has 5 heteroatoms. The highest BCUT2D eigenvalue weighted by atomic mass is 127. The number of aromatic nitrogens is 2. The molecule has 0 aromatic carbocycles. The van der Waals surface area contributed by atoms with Crippen molar-refractivity contribution in [2.24, 2.45) is 11.7 Å². The van der Waals surface area contributed by atoms with Crippen LogP contribution < -0.4 is 10.6 Å². The normalized spacial score (nSPS) is 24.7. The van der Waals surface area contributed by atoms with E-state index < -0.39 is 0 Å². The van der Waals surface area contributed by atoms with Gasteiger partial charge < -0.3 is 10.6 Å². The molecular formula is C11H17IN4. The summed E-state index contributed by atoms with van der Waals surface area (Å²) in [4.78, 5) is 10.7. The van der Waals surface area contributed by atoms with Crippen molar-refractivity contribution in [3.05, 3.63) is 16.1 Å². The fraction of sp³-hybridized carbons (Fsp3) is 0.636. The van der Waals surface area contributed by atoms with Gasteiger partial charge in [0.05, 0.1) is 3.57 Å². The van der Waals surface area contributed by atoms with Crippen LogP contribution in [-0.2, 0) is 0 Å². The minimum Gasteiger partial charge on any atom is -0.355 e. The zero-order chi connectivity index (χ0) is 11.5. The average molecular weight is 332 g/mol. The molecule has 88 valence electrons. The number of nitrogens with zero attached hydrogens (tertiary/aromatic N) is 3. The quantitative estimate of drug-likeness (QED) is 0.855. The number of nitrogens with two attached hydrogens (primary N) is 1. The Morgan fingerprint density at radius 1 is 1.56 bits per heavy atom. The van der Waals surface area contributed by atoms with Gasteiger partial charge in [0, 0.05) is 19.3 Å². The molecule has 0 saturated heterocycles. The van der Waals surface area contributed by atoms with Gasteiger partial charge in [0.1, 0.15) is 12.1 Å². The standard InChI is InChI=1S/C11H17IN4/c1-16(10-4-2-3-8(10)5-13)11-9(12)6-14-7-15-11/h6-8,10H,2-5,13H2,1H3. The minimum absolute atomic E-state index is 0.536. The van der Waals surface area contributed by atoms with E-state index in [1.165, 1.54) is 19.3 Å². The minimum atomic E-state index is 0.536. The Labute approximate surface area is 110 Å². The van der Waals surface area contributed by atoms with Gasteiger partial charge in [-0.1, -0.05) is 6.42 Å². The van der Waals surface area contributed by atoms with Crippen LogP contribution in [0.5, 0.6) is 0 Å². The van der Waals surface area contributed by atoms with Crippen molar-refractivity contribution in [2.75, 3.05) is 18.5 Å². The van der Waals surface area contributed by atoms with Crippen LogP contribution >= 0.6 is 22.6 Å². The van der Waals surface area contributed by atoms with Crippen LogP contribution in [0.3, 0.4) is 0 Å². The fourth-order valence-corrected chi connectivity index (χ4v) is 3.21. The van der Waals surface area contributed by atoms with E-state index >= 15 is 0 Å². The monoisotopic (exact) mass is 332 g/mol. The Hall–Kier alpha value is -0.430. The molecule has 0 aliphatic heterocycles. The van der Waals surface area contributed by atoms with Gasteiger partial charge in [0.2, 0.25) is 0 Å². The van der Waals surface area contributed by atoms with Crippen LogP contribution in [0.4, 0.5) is 5.82 Å². The Morgan fingerprint density at radius 3 is 3.06 bits per heavy atom. The summed E-state index contributed by atoms with van der Waals surface area (Å²) in [5, 5.41) is 0. The van der Waals surface area contributed by atoms with Gasteiger partial charge >= 0.3 is 0 Å². The van der Waals surface area contributed by atoms with Crippen LogP contribution in [-0.4, -0.2) is 29.6 Å². The van der Waals surface area contributed by atoms with Crippen molar-refractivity contribution in [1.82, 2.24) is 9.97 Å². The van der Waals surface area contributed by atoms with Gasteiger partial charge in [-0.15, -0.1) is 0 Å². The molecule has 2 rings (SSSR count). The number of halogens is 1. The third-order valence-electron chi connectivity index (χ3n) is 3.40. The van der Waals surface area contributed by atoms with Crippen molar-refractivity contribution in [2.45, 2.75) is 25.3 Å². The smallest absolute Gasteiger partial charge is 0.145 e. The van der Waals surface area contributed by atoms with Crippen LogP contribution in [0, 0.1) is 9.49 Å². The topological polar surface area (TPSA) is 55.0 Å². The van der Waals surface area contributed by atoms with Crippen molar-refractivity contribution < 1.29 is 0 Å². The molecule has 1 aromatic rings. The number of anilines is 1. The maximum absolute atomic E-state index is 5.82. The molecule has 0 radical (unpaired) electrons. The molecule has 2 unspecified atom stereocenters. The molecule has 1 aliphatic carbocycles. The molecule has 1 aromatic heterocycles. The summed E-state index contributed by atoms with van der Waals surface area (Å²) >= 11 is 2.28. The van der Waals surface area contributed by atoms with Crippen LogP contribution in [0.15, 0.2) is 12.5 Å². The third kappa shape index (κ3) is 2.29. The van der Waals surface area contributed by atoms with Crippen LogP contribution in [0.2, 0.25) is 0 Å². The second-order valence-electron chi connectivity index (χ2n) is 4.30. The second kappa shape index (κ2) is 5.27. The zero-order valence-electron chi connectivity index (χ0n) is 9.43. The van der Waals surface area contributed by atoms with Crippen LogP contribution in [0.25, 0.3) is 0 Å². The lowest BCUT2D eigenvalue weighted by molar-refractivity contribution is 0.471. The van der Waals surface area contributed by atoms with E-state index in [0.717, 1.165) is 15.9 Å². The summed E-state index contributed by atoms with van der Waals surface area (Å²) in [6.45, 7) is 0.774. The highest BCUT2D eigenvalue weighted by Crippen LogP contribution is 2.31. The lowest BCUT2D eigenvalue weighted by Gasteiger charge is -2.30. The first-order valence-electron chi connectivity index (χ1n) is 5.62. The first-order valence-corrected chi connectivity index (χ1v) is 6.70. The van der Waals surface area contributed by atoms with Gasteiger partial charge in [0.15, 0.2) is 0 Å². The van der Waals surface area contributed by atoms with Gasteiger partial charge in [-0.25, -0.2) is 9.97 Å². The highest BCUT2D eigenvalue weighted by Gasteiger charge is 2.30. The molecule has 0 spiro atoms. The molecule has 0 amide bonds. The summed E-state index contributed by atoms with van der Waals surface area (Å²) in [5.74, 6) is 1.64. The Bertz CT molecular complexity index is 358. The van der Waals surface area contributed by atoms with Gasteiger partial charge in [-0.05, 0) is 47.9 Å². The molecule has 0 bridgehead atoms. The molecule has 2 atom stereocenters. The molecule has 1 saturated carbocycles. The Morgan fingerprint density at radius 2 is 2.38 bits per heavy atom. The van der Waals surface area contributed by atoms with Crippen molar-refractivity contribution in [3.8, 4) is 0 Å². The summed E-state index contributed by atoms with van der Waals surface area (Å²) in [6, 6.07) is 0.536. The fourth-order valence-electron chi connectivity index (χ4n) is 2.52. The van der Waals surface area contributed by atoms with E-state index in [2.05, 4.69) is 44.5 Å². The maximum Gasteiger partial charge on any atom is 0.145 e. The SMILES string of the molecule is CN(c1ncncc1I)C1CCCC1CN. The lowest BCUT2D eigenvalue weighted by Crippen LogP contribution is -2.38. The summed E-state index contributed by atoms with van der Waals surface area (Å²) in [7, 11) is 2.11. The maximum atomic E-state index is 5.82. The highest BCUT2D eigenvalue weighted by molar-refractivity contribution is 14.1.